The number of nitrogens with zero attached hydrogens (tertiary/aromatic N) is 1. The summed E-state index contributed by atoms with van der Waals surface area (Å²) in [5.41, 5.74) is -0.0199. The second-order valence-corrected chi connectivity index (χ2v) is 3.94. The Kier molecular flexibility index (Phi) is 4.99. The van der Waals surface area contributed by atoms with E-state index in [1.165, 1.54) is 18.2 Å². The van der Waals surface area contributed by atoms with Gasteiger partial charge in [-0.25, -0.2) is 4.79 Å². The van der Waals surface area contributed by atoms with E-state index in [2.05, 4.69) is 5.18 Å². The normalized spacial score (nSPS) is 10.1. The largest absolute Gasteiger partial charge is 0.491 e. The lowest BCUT2D eigenvalue weighted by Gasteiger charge is -2.12. The van der Waals surface area contributed by atoms with Gasteiger partial charge in [-0.1, -0.05) is 0 Å². The van der Waals surface area contributed by atoms with Crippen molar-refractivity contribution in [2.24, 2.45) is 5.18 Å². The Morgan fingerprint density at radius 3 is 2.42 bits per heavy atom. The molecule has 7 heteroatoms. The number of aliphatic carboxylic acids is 1. The van der Waals surface area contributed by atoms with E-state index in [1.54, 1.807) is 13.8 Å². The summed E-state index contributed by atoms with van der Waals surface area (Å²) in [6, 6.07) is 4.02. The van der Waals surface area contributed by atoms with Crippen LogP contribution in [0.25, 0.3) is 0 Å². The maximum Gasteiger partial charge on any atom is 0.341 e. The molecule has 0 heterocycles. The number of rotatable bonds is 6. The van der Waals surface area contributed by atoms with Crippen LogP contribution in [0.1, 0.15) is 24.2 Å². The average Bonchev–Trinajstić information content (AvgIpc) is 2.34. The van der Waals surface area contributed by atoms with Crippen LogP contribution in [0.15, 0.2) is 23.4 Å². The van der Waals surface area contributed by atoms with Crippen molar-refractivity contribution in [2.75, 3.05) is 6.61 Å². The van der Waals surface area contributed by atoms with Gasteiger partial charge in [0.25, 0.3) is 0 Å². The number of hydrogen-bond acceptors (Lipinski definition) is 5. The molecule has 0 unspecified atom stereocenters. The van der Waals surface area contributed by atoms with Gasteiger partial charge in [-0.3, -0.25) is 4.79 Å². The summed E-state index contributed by atoms with van der Waals surface area (Å²) < 4.78 is 10.3. The molecule has 1 amide bonds. The third-order valence-corrected chi connectivity index (χ3v) is 1.94. The van der Waals surface area contributed by atoms with Gasteiger partial charge in [0.05, 0.1) is 11.7 Å². The van der Waals surface area contributed by atoms with E-state index in [-0.39, 0.29) is 17.4 Å². The van der Waals surface area contributed by atoms with Crippen LogP contribution in [-0.2, 0) is 4.79 Å². The quantitative estimate of drug-likeness (QED) is 0.789. The second kappa shape index (κ2) is 6.48. The number of nitroso groups, excluding NO2 is 1. The first-order chi connectivity index (χ1) is 8.92. The minimum atomic E-state index is -1.16. The number of carbonyl (C=O) groups is 2. The van der Waals surface area contributed by atoms with Gasteiger partial charge >= 0.3 is 11.9 Å². The second-order valence-electron chi connectivity index (χ2n) is 3.94. The number of ether oxygens (including phenoxy) is 2. The number of benzene rings is 1. The molecule has 0 spiro atoms. The Morgan fingerprint density at radius 2 is 1.89 bits per heavy atom. The molecule has 0 aliphatic carbocycles. The first kappa shape index (κ1) is 14.6. The molecule has 1 rings (SSSR count). The Morgan fingerprint density at radius 1 is 1.26 bits per heavy atom. The van der Waals surface area contributed by atoms with Crippen LogP contribution < -0.4 is 9.47 Å². The summed E-state index contributed by atoms with van der Waals surface area (Å²) >= 11 is 0. The van der Waals surface area contributed by atoms with Gasteiger partial charge in [0.1, 0.15) is 11.5 Å². The summed E-state index contributed by atoms with van der Waals surface area (Å²) in [6.07, 6.45) is -0.151. The summed E-state index contributed by atoms with van der Waals surface area (Å²) in [5.74, 6) is -1.72. The fourth-order valence-corrected chi connectivity index (χ4v) is 1.32. The van der Waals surface area contributed by atoms with Gasteiger partial charge in [0.2, 0.25) is 0 Å². The SMILES string of the molecule is CC(C)Oc1cc(OCC(=O)O)cc(C(=O)N=O)c1. The summed E-state index contributed by atoms with van der Waals surface area (Å²) in [5, 5.41) is 10.8. The van der Waals surface area contributed by atoms with E-state index in [9.17, 15) is 14.5 Å². The van der Waals surface area contributed by atoms with Crippen molar-refractivity contribution in [3.63, 3.8) is 0 Å². The zero-order valence-corrected chi connectivity index (χ0v) is 10.5. The zero-order chi connectivity index (χ0) is 14.4. The third-order valence-electron chi connectivity index (χ3n) is 1.94. The van der Waals surface area contributed by atoms with Gasteiger partial charge in [0, 0.05) is 11.2 Å². The van der Waals surface area contributed by atoms with Crippen molar-refractivity contribution in [3.8, 4) is 11.5 Å². The van der Waals surface area contributed by atoms with E-state index >= 15 is 0 Å². The van der Waals surface area contributed by atoms with E-state index < -0.39 is 18.5 Å². The molecule has 102 valence electrons. The molecular weight excluding hydrogens is 254 g/mol. The van der Waals surface area contributed by atoms with Crippen molar-refractivity contribution in [2.45, 2.75) is 20.0 Å². The topological polar surface area (TPSA) is 102 Å². The van der Waals surface area contributed by atoms with Gasteiger partial charge < -0.3 is 14.6 Å². The Hall–Kier alpha value is -2.44. The van der Waals surface area contributed by atoms with Crippen LogP contribution in [0.2, 0.25) is 0 Å². The van der Waals surface area contributed by atoms with Crippen LogP contribution in [0.4, 0.5) is 0 Å². The molecule has 0 radical (unpaired) electrons. The summed E-state index contributed by atoms with van der Waals surface area (Å²) in [7, 11) is 0. The fourth-order valence-electron chi connectivity index (χ4n) is 1.32. The monoisotopic (exact) mass is 267 g/mol. The minimum Gasteiger partial charge on any atom is -0.491 e. The highest BCUT2D eigenvalue weighted by molar-refractivity contribution is 5.95. The lowest BCUT2D eigenvalue weighted by atomic mass is 10.2. The molecule has 0 saturated heterocycles. The molecule has 1 aromatic rings. The van der Waals surface area contributed by atoms with Gasteiger partial charge in [-0.05, 0) is 26.0 Å². The third kappa shape index (κ3) is 4.74. The van der Waals surface area contributed by atoms with Crippen LogP contribution in [0, 0.1) is 4.91 Å². The number of carboxylic acids is 1. The predicted molar refractivity (Wildman–Crippen MR) is 65.5 cm³/mol. The summed E-state index contributed by atoms with van der Waals surface area (Å²) in [4.78, 5) is 31.9. The molecule has 0 fully saturated rings. The zero-order valence-electron chi connectivity index (χ0n) is 10.5. The minimum absolute atomic E-state index is 0.0199. The number of hydrogen-bond donors (Lipinski definition) is 1. The lowest BCUT2D eigenvalue weighted by molar-refractivity contribution is -0.139. The Bertz CT molecular complexity index is 497. The molecule has 0 atom stereocenters. The van der Waals surface area contributed by atoms with Crippen LogP contribution in [0.3, 0.4) is 0 Å². The highest BCUT2D eigenvalue weighted by atomic mass is 16.5. The molecule has 1 N–H and O–H groups in total. The smallest absolute Gasteiger partial charge is 0.341 e. The highest BCUT2D eigenvalue weighted by Crippen LogP contribution is 2.24. The molecular formula is C12H13NO6. The molecule has 0 saturated carbocycles. The van der Waals surface area contributed by atoms with Crippen molar-refractivity contribution in [1.29, 1.82) is 0 Å². The van der Waals surface area contributed by atoms with Crippen LogP contribution >= 0.6 is 0 Å². The van der Waals surface area contributed by atoms with E-state index in [1.807, 2.05) is 0 Å². The van der Waals surface area contributed by atoms with Crippen molar-refractivity contribution < 1.29 is 24.2 Å². The van der Waals surface area contributed by atoms with Gasteiger partial charge in [0.15, 0.2) is 6.61 Å². The van der Waals surface area contributed by atoms with Gasteiger partial charge in [-0.2, -0.15) is 0 Å². The highest BCUT2D eigenvalue weighted by Gasteiger charge is 2.12. The van der Waals surface area contributed by atoms with E-state index in [0.717, 1.165) is 0 Å². The maximum absolute atomic E-state index is 11.2. The van der Waals surface area contributed by atoms with E-state index in [4.69, 9.17) is 14.6 Å². The molecule has 0 aliphatic heterocycles. The molecule has 7 nitrogen and oxygen atoms in total. The number of carbonyl (C=O) groups excluding carboxylic acids is 1. The van der Waals surface area contributed by atoms with Crippen molar-refractivity contribution >= 4 is 11.9 Å². The standard InChI is InChI=1S/C12H13NO6/c1-7(2)19-10-4-8(12(16)13-17)3-9(5-10)18-6-11(14)15/h3-5,7H,6H2,1-2H3,(H,14,15). The number of amides is 1. The fraction of sp³-hybridized carbons (Fsp3) is 0.333. The van der Waals surface area contributed by atoms with Crippen LogP contribution in [0.5, 0.6) is 11.5 Å². The van der Waals surface area contributed by atoms with Crippen LogP contribution in [-0.4, -0.2) is 29.7 Å². The first-order valence-corrected chi connectivity index (χ1v) is 5.46. The average molecular weight is 267 g/mol. The Labute approximate surface area is 109 Å². The molecule has 19 heavy (non-hydrogen) atoms. The first-order valence-electron chi connectivity index (χ1n) is 5.46. The van der Waals surface area contributed by atoms with E-state index in [0.29, 0.717) is 5.75 Å². The Balaban J connectivity index is 3.04. The molecule has 0 bridgehead atoms. The predicted octanol–water partition coefficient (Wildman–Crippen LogP) is 1.84. The van der Waals surface area contributed by atoms with Crippen molar-refractivity contribution in [1.82, 2.24) is 0 Å². The molecule has 0 aliphatic rings. The molecule has 1 aromatic carbocycles. The lowest BCUT2D eigenvalue weighted by Crippen LogP contribution is -2.11. The van der Waals surface area contributed by atoms with Gasteiger partial charge in [-0.15, -0.1) is 4.91 Å². The maximum atomic E-state index is 11.2. The summed E-state index contributed by atoms with van der Waals surface area (Å²) in [6.45, 7) is 3.00. The molecule has 0 aromatic heterocycles. The van der Waals surface area contributed by atoms with Crippen molar-refractivity contribution in [3.05, 3.63) is 28.7 Å². The number of carboxylic acid groups (broad SMARTS) is 1.